The Morgan fingerprint density at radius 3 is 2.79 bits per heavy atom. The second-order valence-electron chi connectivity index (χ2n) is 5.66. The molecule has 7 heteroatoms. The summed E-state index contributed by atoms with van der Waals surface area (Å²) in [5.41, 5.74) is 1.31. The van der Waals surface area contributed by atoms with Gasteiger partial charge in [-0.15, -0.1) is 11.3 Å². The zero-order valence-corrected chi connectivity index (χ0v) is 15.0. The molecule has 1 amide bonds. The fourth-order valence-electron chi connectivity index (χ4n) is 2.38. The molecule has 0 spiro atoms. The van der Waals surface area contributed by atoms with Crippen molar-refractivity contribution in [1.82, 2.24) is 9.55 Å². The highest BCUT2D eigenvalue weighted by Crippen LogP contribution is 2.22. The molecular formula is C17H16ClN3O2S. The molecule has 1 aromatic carbocycles. The van der Waals surface area contributed by atoms with E-state index in [2.05, 4.69) is 10.3 Å². The van der Waals surface area contributed by atoms with Crippen LogP contribution in [0.25, 0.3) is 10.2 Å². The number of aryl methyl sites for hydroxylation is 2. The van der Waals surface area contributed by atoms with Gasteiger partial charge in [-0.05, 0) is 44.5 Å². The highest BCUT2D eigenvalue weighted by atomic mass is 35.5. The second-order valence-corrected chi connectivity index (χ2v) is 7.30. The normalized spacial score (nSPS) is 12.3. The first kappa shape index (κ1) is 16.7. The predicted molar refractivity (Wildman–Crippen MR) is 98.1 cm³/mol. The van der Waals surface area contributed by atoms with Crippen LogP contribution in [0.15, 0.2) is 35.4 Å². The zero-order valence-electron chi connectivity index (χ0n) is 13.5. The number of carbonyl (C=O) groups is 1. The first-order valence-electron chi connectivity index (χ1n) is 7.41. The molecule has 0 aliphatic rings. The van der Waals surface area contributed by atoms with Gasteiger partial charge >= 0.3 is 0 Å². The molecule has 3 rings (SSSR count). The minimum Gasteiger partial charge on any atom is -0.324 e. The van der Waals surface area contributed by atoms with E-state index in [-0.39, 0.29) is 11.5 Å². The van der Waals surface area contributed by atoms with Crippen molar-refractivity contribution in [3.63, 3.8) is 0 Å². The van der Waals surface area contributed by atoms with Crippen molar-refractivity contribution in [2.75, 3.05) is 5.32 Å². The molecule has 24 heavy (non-hydrogen) atoms. The van der Waals surface area contributed by atoms with Crippen LogP contribution in [-0.4, -0.2) is 15.5 Å². The van der Waals surface area contributed by atoms with E-state index in [0.29, 0.717) is 20.9 Å². The van der Waals surface area contributed by atoms with E-state index >= 15 is 0 Å². The van der Waals surface area contributed by atoms with E-state index in [1.54, 1.807) is 25.1 Å². The Morgan fingerprint density at radius 1 is 1.33 bits per heavy atom. The van der Waals surface area contributed by atoms with Gasteiger partial charge in [-0.1, -0.05) is 17.7 Å². The quantitative estimate of drug-likeness (QED) is 0.768. The monoisotopic (exact) mass is 361 g/mol. The van der Waals surface area contributed by atoms with Crippen molar-refractivity contribution in [2.45, 2.75) is 26.8 Å². The van der Waals surface area contributed by atoms with Gasteiger partial charge in [0.25, 0.3) is 5.56 Å². The van der Waals surface area contributed by atoms with Crippen LogP contribution in [0.2, 0.25) is 5.02 Å². The summed E-state index contributed by atoms with van der Waals surface area (Å²) in [6.45, 7) is 5.48. The molecule has 3 aromatic rings. The number of rotatable bonds is 3. The Hall–Kier alpha value is -2.18. The summed E-state index contributed by atoms with van der Waals surface area (Å²) < 4.78 is 1.35. The van der Waals surface area contributed by atoms with Gasteiger partial charge in [0.15, 0.2) is 0 Å². The van der Waals surface area contributed by atoms with Crippen molar-refractivity contribution >= 4 is 44.7 Å². The summed E-state index contributed by atoms with van der Waals surface area (Å²) in [7, 11) is 0. The average molecular weight is 362 g/mol. The molecular weight excluding hydrogens is 346 g/mol. The fraction of sp³-hybridized carbons (Fsp3) is 0.235. The first-order chi connectivity index (χ1) is 11.4. The highest BCUT2D eigenvalue weighted by molar-refractivity contribution is 7.18. The second kappa shape index (κ2) is 6.37. The van der Waals surface area contributed by atoms with E-state index in [1.165, 1.54) is 22.2 Å². The third kappa shape index (κ3) is 3.07. The van der Waals surface area contributed by atoms with Gasteiger partial charge in [-0.25, -0.2) is 4.98 Å². The maximum Gasteiger partial charge on any atom is 0.262 e. The Kier molecular flexibility index (Phi) is 4.43. The number of thiophene rings is 1. The number of hydrogen-bond donors (Lipinski definition) is 1. The molecule has 0 fully saturated rings. The van der Waals surface area contributed by atoms with Gasteiger partial charge in [0.1, 0.15) is 10.9 Å². The molecule has 0 bridgehead atoms. The van der Waals surface area contributed by atoms with Crippen molar-refractivity contribution in [3.05, 3.63) is 56.4 Å². The van der Waals surface area contributed by atoms with Crippen LogP contribution in [-0.2, 0) is 4.79 Å². The average Bonchev–Trinajstić information content (AvgIpc) is 2.92. The molecule has 0 saturated heterocycles. The Labute approximate surface area is 147 Å². The Bertz CT molecular complexity index is 993. The number of hydrogen-bond acceptors (Lipinski definition) is 4. The number of anilines is 1. The minimum absolute atomic E-state index is 0.214. The summed E-state index contributed by atoms with van der Waals surface area (Å²) in [6, 6.07) is 6.41. The fourth-order valence-corrected chi connectivity index (χ4v) is 3.40. The number of amides is 1. The van der Waals surface area contributed by atoms with E-state index in [0.717, 1.165) is 10.4 Å². The first-order valence-corrected chi connectivity index (χ1v) is 8.60. The van der Waals surface area contributed by atoms with Gasteiger partial charge in [0.2, 0.25) is 5.91 Å². The van der Waals surface area contributed by atoms with Gasteiger partial charge in [0.05, 0.1) is 11.7 Å². The number of fused-ring (bicyclic) bond motifs is 1. The van der Waals surface area contributed by atoms with Crippen molar-refractivity contribution in [1.29, 1.82) is 0 Å². The molecule has 1 atom stereocenters. The summed E-state index contributed by atoms with van der Waals surface area (Å²) >= 11 is 7.53. The molecule has 1 N–H and O–H groups in total. The Morgan fingerprint density at radius 2 is 2.08 bits per heavy atom. The van der Waals surface area contributed by atoms with E-state index in [4.69, 9.17) is 11.6 Å². The van der Waals surface area contributed by atoms with Gasteiger partial charge in [-0.2, -0.15) is 0 Å². The van der Waals surface area contributed by atoms with Crippen LogP contribution in [0.1, 0.15) is 23.4 Å². The SMILES string of the molecule is Cc1cc2c(=O)n([C@H](C)C(=O)Nc3ccc(C)c(Cl)c3)cnc2s1. The number of carbonyl (C=O) groups excluding carboxylic acids is 1. The van der Waals surface area contributed by atoms with Crippen LogP contribution in [0.4, 0.5) is 5.69 Å². The van der Waals surface area contributed by atoms with E-state index in [9.17, 15) is 9.59 Å². The number of halogens is 1. The molecule has 0 saturated carbocycles. The standard InChI is InChI=1S/C17H16ClN3O2S/c1-9-4-5-12(7-14(9)18)20-15(22)11(3)21-8-19-16-13(17(21)23)6-10(2)24-16/h4-8,11H,1-3H3,(H,20,22)/t11-/m1/s1. The van der Waals surface area contributed by atoms with Crippen LogP contribution in [0.5, 0.6) is 0 Å². The number of nitrogens with zero attached hydrogens (tertiary/aromatic N) is 2. The van der Waals surface area contributed by atoms with Crippen LogP contribution in [0.3, 0.4) is 0 Å². The zero-order chi connectivity index (χ0) is 17.4. The van der Waals surface area contributed by atoms with Gasteiger partial charge in [0, 0.05) is 15.6 Å². The topological polar surface area (TPSA) is 64.0 Å². The van der Waals surface area contributed by atoms with Crippen LogP contribution >= 0.6 is 22.9 Å². The molecule has 0 unspecified atom stereocenters. The van der Waals surface area contributed by atoms with Crippen LogP contribution < -0.4 is 10.9 Å². The Balaban J connectivity index is 1.89. The lowest BCUT2D eigenvalue weighted by Crippen LogP contribution is -2.31. The maximum absolute atomic E-state index is 12.6. The van der Waals surface area contributed by atoms with Crippen molar-refractivity contribution in [3.8, 4) is 0 Å². The molecule has 2 aromatic heterocycles. The molecule has 124 valence electrons. The smallest absolute Gasteiger partial charge is 0.262 e. The number of benzene rings is 1. The lowest BCUT2D eigenvalue weighted by Gasteiger charge is -2.15. The molecule has 2 heterocycles. The number of nitrogens with one attached hydrogen (secondary N) is 1. The van der Waals surface area contributed by atoms with Crippen LogP contribution in [0, 0.1) is 13.8 Å². The molecule has 5 nitrogen and oxygen atoms in total. The molecule has 0 aliphatic carbocycles. The van der Waals surface area contributed by atoms with Crippen molar-refractivity contribution in [2.24, 2.45) is 0 Å². The summed E-state index contributed by atoms with van der Waals surface area (Å²) in [4.78, 5) is 31.0. The number of aromatic nitrogens is 2. The summed E-state index contributed by atoms with van der Waals surface area (Å²) in [5, 5.41) is 3.90. The summed E-state index contributed by atoms with van der Waals surface area (Å²) in [6.07, 6.45) is 1.42. The lowest BCUT2D eigenvalue weighted by atomic mass is 10.2. The largest absolute Gasteiger partial charge is 0.324 e. The minimum atomic E-state index is -0.685. The van der Waals surface area contributed by atoms with E-state index in [1.807, 2.05) is 19.9 Å². The van der Waals surface area contributed by atoms with Crippen molar-refractivity contribution < 1.29 is 4.79 Å². The van der Waals surface area contributed by atoms with Gasteiger partial charge < -0.3 is 5.32 Å². The lowest BCUT2D eigenvalue weighted by molar-refractivity contribution is -0.118. The third-order valence-corrected chi connectivity index (χ3v) is 5.20. The summed E-state index contributed by atoms with van der Waals surface area (Å²) in [5.74, 6) is -0.301. The molecule has 0 aliphatic heterocycles. The third-order valence-electron chi connectivity index (χ3n) is 3.84. The molecule has 0 radical (unpaired) electrons. The highest BCUT2D eigenvalue weighted by Gasteiger charge is 2.18. The maximum atomic E-state index is 12.6. The predicted octanol–water partition coefficient (Wildman–Crippen LogP) is 3.93. The van der Waals surface area contributed by atoms with E-state index < -0.39 is 6.04 Å². The van der Waals surface area contributed by atoms with Gasteiger partial charge in [-0.3, -0.25) is 14.2 Å².